The van der Waals surface area contributed by atoms with E-state index >= 15 is 0 Å². The summed E-state index contributed by atoms with van der Waals surface area (Å²) < 4.78 is 0. The number of nitrogens with two attached hydrogens (primary N) is 1. The smallest absolute Gasteiger partial charge is 0.000744 e. The normalized spacial score (nSPS) is 12.6. The topological polar surface area (TPSA) is 26.0 Å². The minimum absolute atomic E-state index is 0.843. The zero-order chi connectivity index (χ0) is 12.9. The summed E-state index contributed by atoms with van der Waals surface area (Å²) in [7, 11) is 0. The number of unbranched alkanes of at least 4 members (excludes halogenated alkanes) is 7. The van der Waals surface area contributed by atoms with Gasteiger partial charge in [0, 0.05) is 5.70 Å². The molecule has 17 heavy (non-hydrogen) atoms. The van der Waals surface area contributed by atoms with Crippen LogP contribution in [0.2, 0.25) is 0 Å². The lowest BCUT2D eigenvalue weighted by Crippen LogP contribution is -1.94. The van der Waals surface area contributed by atoms with Crippen LogP contribution in [-0.2, 0) is 0 Å². The van der Waals surface area contributed by atoms with Crippen LogP contribution in [0.4, 0.5) is 0 Å². The highest BCUT2D eigenvalue weighted by atomic mass is 14.5. The van der Waals surface area contributed by atoms with Crippen LogP contribution in [0.15, 0.2) is 12.3 Å². The SMILES string of the molecule is C=C(N)CCCCCCCCCCC(C)CC. The van der Waals surface area contributed by atoms with Crippen LogP contribution < -0.4 is 5.73 Å². The number of rotatable bonds is 12. The van der Waals surface area contributed by atoms with Crippen molar-refractivity contribution < 1.29 is 0 Å². The molecule has 102 valence electrons. The van der Waals surface area contributed by atoms with Crippen molar-refractivity contribution in [2.75, 3.05) is 0 Å². The van der Waals surface area contributed by atoms with Gasteiger partial charge in [-0.2, -0.15) is 0 Å². The van der Waals surface area contributed by atoms with Gasteiger partial charge in [-0.25, -0.2) is 0 Å². The molecule has 1 nitrogen and oxygen atoms in total. The molecule has 1 unspecified atom stereocenters. The third-order valence-corrected chi connectivity index (χ3v) is 3.64. The molecule has 0 aliphatic carbocycles. The van der Waals surface area contributed by atoms with Gasteiger partial charge in [0.2, 0.25) is 0 Å². The van der Waals surface area contributed by atoms with Crippen molar-refractivity contribution in [3.05, 3.63) is 12.3 Å². The number of hydrogen-bond acceptors (Lipinski definition) is 1. The highest BCUT2D eigenvalue weighted by Gasteiger charge is 1.98. The monoisotopic (exact) mass is 239 g/mol. The van der Waals surface area contributed by atoms with E-state index in [2.05, 4.69) is 20.4 Å². The molecule has 1 atom stereocenters. The van der Waals surface area contributed by atoms with Crippen molar-refractivity contribution in [3.8, 4) is 0 Å². The van der Waals surface area contributed by atoms with Crippen LogP contribution in [0.3, 0.4) is 0 Å². The maximum absolute atomic E-state index is 5.53. The average molecular weight is 239 g/mol. The fourth-order valence-corrected chi connectivity index (χ4v) is 2.11. The summed E-state index contributed by atoms with van der Waals surface area (Å²) in [5.74, 6) is 0.930. The van der Waals surface area contributed by atoms with Crippen LogP contribution in [0.25, 0.3) is 0 Å². The molecule has 0 fully saturated rings. The van der Waals surface area contributed by atoms with Crippen molar-refractivity contribution in [3.63, 3.8) is 0 Å². The molecule has 0 aromatic carbocycles. The molecular formula is C16H33N. The highest BCUT2D eigenvalue weighted by molar-refractivity contribution is 4.84. The molecule has 0 amide bonds. The second-order valence-electron chi connectivity index (χ2n) is 5.54. The Kier molecular flexibility index (Phi) is 11.7. The summed E-state index contributed by atoms with van der Waals surface area (Å²) in [6, 6.07) is 0. The minimum Gasteiger partial charge on any atom is -0.403 e. The summed E-state index contributed by atoms with van der Waals surface area (Å²) in [5, 5.41) is 0. The van der Waals surface area contributed by atoms with Crippen LogP contribution in [0.1, 0.15) is 84.5 Å². The Balaban J connectivity index is 3.01. The summed E-state index contributed by atoms with van der Waals surface area (Å²) in [6.45, 7) is 8.38. The first-order valence-corrected chi connectivity index (χ1v) is 7.60. The molecule has 0 aromatic rings. The molecule has 0 rings (SSSR count). The summed E-state index contributed by atoms with van der Waals surface area (Å²) in [6.07, 6.45) is 14.8. The van der Waals surface area contributed by atoms with Gasteiger partial charge in [-0.05, 0) is 18.8 Å². The highest BCUT2D eigenvalue weighted by Crippen LogP contribution is 2.15. The van der Waals surface area contributed by atoms with Gasteiger partial charge in [0.1, 0.15) is 0 Å². The first kappa shape index (κ1) is 16.5. The Morgan fingerprint density at radius 2 is 1.41 bits per heavy atom. The largest absolute Gasteiger partial charge is 0.403 e. The van der Waals surface area contributed by atoms with Crippen molar-refractivity contribution in [1.29, 1.82) is 0 Å². The van der Waals surface area contributed by atoms with Crippen LogP contribution in [0.5, 0.6) is 0 Å². The molecular weight excluding hydrogens is 206 g/mol. The van der Waals surface area contributed by atoms with Crippen LogP contribution in [0, 0.1) is 5.92 Å². The van der Waals surface area contributed by atoms with Gasteiger partial charge in [-0.1, -0.05) is 78.2 Å². The van der Waals surface area contributed by atoms with Crippen molar-refractivity contribution in [1.82, 2.24) is 0 Å². The molecule has 0 aromatic heterocycles. The summed E-state index contributed by atoms with van der Waals surface area (Å²) >= 11 is 0. The van der Waals surface area contributed by atoms with Crippen molar-refractivity contribution >= 4 is 0 Å². The zero-order valence-corrected chi connectivity index (χ0v) is 12.1. The van der Waals surface area contributed by atoms with Crippen molar-refractivity contribution in [2.45, 2.75) is 84.5 Å². The molecule has 0 aliphatic rings. The molecule has 0 heterocycles. The second kappa shape index (κ2) is 12.0. The van der Waals surface area contributed by atoms with Gasteiger partial charge in [0.05, 0.1) is 0 Å². The Morgan fingerprint density at radius 3 is 1.88 bits per heavy atom. The predicted molar refractivity (Wildman–Crippen MR) is 79.0 cm³/mol. The van der Waals surface area contributed by atoms with Gasteiger partial charge in [0.15, 0.2) is 0 Å². The van der Waals surface area contributed by atoms with Gasteiger partial charge in [0.25, 0.3) is 0 Å². The molecule has 0 saturated heterocycles. The lowest BCUT2D eigenvalue weighted by Gasteiger charge is -2.07. The van der Waals surface area contributed by atoms with E-state index in [0.29, 0.717) is 0 Å². The Hall–Kier alpha value is -0.460. The fourth-order valence-electron chi connectivity index (χ4n) is 2.11. The van der Waals surface area contributed by atoms with Gasteiger partial charge < -0.3 is 5.73 Å². The Morgan fingerprint density at radius 1 is 0.941 bits per heavy atom. The van der Waals surface area contributed by atoms with E-state index in [1.54, 1.807) is 0 Å². The van der Waals surface area contributed by atoms with Crippen molar-refractivity contribution in [2.24, 2.45) is 11.7 Å². The van der Waals surface area contributed by atoms with E-state index in [1.807, 2.05) is 0 Å². The maximum atomic E-state index is 5.53. The third-order valence-electron chi connectivity index (χ3n) is 3.64. The van der Waals surface area contributed by atoms with E-state index in [0.717, 1.165) is 18.0 Å². The summed E-state index contributed by atoms with van der Waals surface area (Å²) in [5.41, 5.74) is 6.37. The number of hydrogen-bond donors (Lipinski definition) is 1. The predicted octanol–water partition coefficient (Wildman–Crippen LogP) is 5.41. The average Bonchev–Trinajstić information content (AvgIpc) is 2.30. The van der Waals surface area contributed by atoms with Crippen LogP contribution in [-0.4, -0.2) is 0 Å². The number of allylic oxidation sites excluding steroid dienone is 1. The first-order valence-electron chi connectivity index (χ1n) is 7.60. The standard InChI is InChI=1S/C16H33N/c1-4-15(2)13-11-9-7-5-6-8-10-12-14-16(3)17/h15H,3-14,17H2,1-2H3. The second-order valence-corrected chi connectivity index (χ2v) is 5.54. The lowest BCUT2D eigenvalue weighted by molar-refractivity contribution is 0.469. The maximum Gasteiger partial charge on any atom is 0.000744 e. The summed E-state index contributed by atoms with van der Waals surface area (Å²) in [4.78, 5) is 0. The first-order chi connectivity index (χ1) is 8.16. The van der Waals surface area contributed by atoms with E-state index in [9.17, 15) is 0 Å². The van der Waals surface area contributed by atoms with E-state index < -0.39 is 0 Å². The molecule has 2 N–H and O–H groups in total. The zero-order valence-electron chi connectivity index (χ0n) is 12.1. The Labute approximate surface area is 109 Å². The molecule has 0 spiro atoms. The lowest BCUT2D eigenvalue weighted by atomic mass is 9.99. The van der Waals surface area contributed by atoms with E-state index in [4.69, 9.17) is 5.73 Å². The van der Waals surface area contributed by atoms with Gasteiger partial charge >= 0.3 is 0 Å². The molecule has 0 aliphatic heterocycles. The molecule has 1 heteroatoms. The molecule has 0 radical (unpaired) electrons. The minimum atomic E-state index is 0.843. The Bertz CT molecular complexity index is 174. The quantitative estimate of drug-likeness (QED) is 0.453. The fraction of sp³-hybridized carbons (Fsp3) is 0.875. The van der Waals surface area contributed by atoms with Gasteiger partial charge in [-0.15, -0.1) is 0 Å². The third kappa shape index (κ3) is 13.5. The molecule has 0 bridgehead atoms. The van der Waals surface area contributed by atoms with E-state index in [-0.39, 0.29) is 0 Å². The molecule has 0 saturated carbocycles. The van der Waals surface area contributed by atoms with Gasteiger partial charge in [-0.3, -0.25) is 0 Å². The van der Waals surface area contributed by atoms with Crippen LogP contribution >= 0.6 is 0 Å². The van der Waals surface area contributed by atoms with E-state index in [1.165, 1.54) is 64.2 Å².